The van der Waals surface area contributed by atoms with Crippen molar-refractivity contribution in [3.05, 3.63) is 0 Å². The van der Waals surface area contributed by atoms with Gasteiger partial charge in [0.1, 0.15) is 18.7 Å². The molecule has 1 heterocycles. The highest BCUT2D eigenvalue weighted by atomic mass is 35.6. The minimum Gasteiger partial charge on any atom is -0.460 e. The summed E-state index contributed by atoms with van der Waals surface area (Å²) in [6, 6.07) is -1.38. The fraction of sp³-hybridized carbons (Fsp3) is 0.727. The van der Waals surface area contributed by atoms with Crippen molar-refractivity contribution in [2.45, 2.75) is 35.6 Å². The zero-order valence-electron chi connectivity index (χ0n) is 11.3. The summed E-state index contributed by atoms with van der Waals surface area (Å²) in [4.78, 5) is 34.2. The Kier molecular flexibility index (Phi) is 6.99. The number of hydrogen-bond acceptors (Lipinski definition) is 5. The van der Waals surface area contributed by atoms with E-state index >= 15 is 0 Å². The Morgan fingerprint density at radius 3 is 2.76 bits per heavy atom. The van der Waals surface area contributed by atoms with Gasteiger partial charge in [0.25, 0.3) is 5.91 Å². The van der Waals surface area contributed by atoms with Crippen molar-refractivity contribution >= 4 is 53.1 Å². The molecule has 2 unspecified atom stereocenters. The van der Waals surface area contributed by atoms with Gasteiger partial charge in [0.05, 0.1) is 0 Å². The van der Waals surface area contributed by atoms with Crippen LogP contribution in [0.3, 0.4) is 0 Å². The Labute approximate surface area is 137 Å². The number of esters is 1. The van der Waals surface area contributed by atoms with Crippen molar-refractivity contribution in [2.75, 3.05) is 13.2 Å². The standard InChI is InChI=1S/C11H16Cl3N3O4/c1-7(15-6-18)9(19)17-4-2-3-8(16-17)10(20)21-5-11(12,13)14/h6-8,16H,2-5H2,1H3,(H,15,18). The zero-order chi connectivity index (χ0) is 16.0. The van der Waals surface area contributed by atoms with Crippen LogP contribution in [0.5, 0.6) is 0 Å². The van der Waals surface area contributed by atoms with Gasteiger partial charge in [-0.1, -0.05) is 34.8 Å². The van der Waals surface area contributed by atoms with Crippen LogP contribution in [0.25, 0.3) is 0 Å². The highest BCUT2D eigenvalue weighted by molar-refractivity contribution is 6.67. The number of amides is 2. The molecule has 0 aromatic heterocycles. The van der Waals surface area contributed by atoms with Crippen LogP contribution >= 0.6 is 34.8 Å². The van der Waals surface area contributed by atoms with E-state index in [0.717, 1.165) is 0 Å². The maximum atomic E-state index is 12.0. The lowest BCUT2D eigenvalue weighted by atomic mass is 10.1. The summed E-state index contributed by atoms with van der Waals surface area (Å²) >= 11 is 16.5. The van der Waals surface area contributed by atoms with E-state index in [1.54, 1.807) is 6.92 Å². The molecule has 0 aromatic carbocycles. The molecule has 1 fully saturated rings. The van der Waals surface area contributed by atoms with E-state index in [4.69, 9.17) is 39.5 Å². The van der Waals surface area contributed by atoms with Crippen molar-refractivity contribution in [3.63, 3.8) is 0 Å². The van der Waals surface area contributed by atoms with Gasteiger partial charge in [-0.15, -0.1) is 0 Å². The smallest absolute Gasteiger partial charge is 0.325 e. The molecule has 120 valence electrons. The van der Waals surface area contributed by atoms with Gasteiger partial charge in [-0.2, -0.15) is 0 Å². The van der Waals surface area contributed by atoms with Crippen LogP contribution in [0.4, 0.5) is 0 Å². The fourth-order valence-corrected chi connectivity index (χ4v) is 1.94. The van der Waals surface area contributed by atoms with E-state index in [1.807, 2.05) is 0 Å². The number of hydrogen-bond donors (Lipinski definition) is 2. The van der Waals surface area contributed by atoms with Crippen molar-refractivity contribution < 1.29 is 19.1 Å². The van der Waals surface area contributed by atoms with Gasteiger partial charge < -0.3 is 10.1 Å². The molecule has 2 N–H and O–H groups in total. The second-order valence-electron chi connectivity index (χ2n) is 4.54. The third-order valence-corrected chi connectivity index (χ3v) is 3.13. The normalized spacial score (nSPS) is 20.6. The third kappa shape index (κ3) is 6.25. The first kappa shape index (κ1) is 18.3. The summed E-state index contributed by atoms with van der Waals surface area (Å²) < 4.78 is 3.20. The van der Waals surface area contributed by atoms with Crippen LogP contribution in [0.1, 0.15) is 19.8 Å². The van der Waals surface area contributed by atoms with Crippen molar-refractivity contribution in [3.8, 4) is 0 Å². The fourth-order valence-electron chi connectivity index (χ4n) is 1.78. The Morgan fingerprint density at radius 1 is 1.52 bits per heavy atom. The molecule has 2 amide bonds. The molecule has 1 saturated heterocycles. The molecular formula is C11H16Cl3N3O4. The number of rotatable bonds is 5. The summed E-state index contributed by atoms with van der Waals surface area (Å²) in [5.41, 5.74) is 2.75. The number of carbonyl (C=O) groups excluding carboxylic acids is 3. The van der Waals surface area contributed by atoms with Crippen LogP contribution < -0.4 is 10.7 Å². The number of nitrogens with zero attached hydrogens (tertiary/aromatic N) is 1. The van der Waals surface area contributed by atoms with Gasteiger partial charge in [0.2, 0.25) is 10.2 Å². The lowest BCUT2D eigenvalue weighted by Gasteiger charge is -2.34. The largest absolute Gasteiger partial charge is 0.460 e. The minimum absolute atomic E-state index is 0.346. The number of alkyl halides is 3. The van der Waals surface area contributed by atoms with Crippen LogP contribution in [0.15, 0.2) is 0 Å². The maximum Gasteiger partial charge on any atom is 0.325 e. The molecule has 1 rings (SSSR count). The molecule has 0 saturated carbocycles. The first-order valence-electron chi connectivity index (χ1n) is 6.25. The molecule has 1 aliphatic heterocycles. The van der Waals surface area contributed by atoms with E-state index in [-0.39, 0.29) is 12.5 Å². The number of carbonyl (C=O) groups is 3. The van der Waals surface area contributed by atoms with Gasteiger partial charge in [0, 0.05) is 6.54 Å². The second kappa shape index (κ2) is 8.03. The average Bonchev–Trinajstić information content (AvgIpc) is 2.43. The summed E-state index contributed by atoms with van der Waals surface area (Å²) in [6.07, 6.45) is 1.55. The first-order valence-corrected chi connectivity index (χ1v) is 7.38. The molecule has 21 heavy (non-hydrogen) atoms. The predicted octanol–water partition coefficient (Wildman–Crippen LogP) is 0.530. The van der Waals surface area contributed by atoms with Crippen molar-refractivity contribution in [2.24, 2.45) is 0 Å². The summed E-state index contributed by atoms with van der Waals surface area (Å²) in [6.45, 7) is 1.60. The molecular weight excluding hydrogens is 344 g/mol. The molecule has 10 heteroatoms. The molecule has 7 nitrogen and oxygen atoms in total. The molecule has 0 spiro atoms. The lowest BCUT2D eigenvalue weighted by Crippen LogP contribution is -2.59. The van der Waals surface area contributed by atoms with Gasteiger partial charge in [-0.25, -0.2) is 5.43 Å². The molecule has 0 radical (unpaired) electrons. The number of hydrazine groups is 1. The number of nitrogens with one attached hydrogen (secondary N) is 2. The van der Waals surface area contributed by atoms with E-state index in [2.05, 4.69) is 10.7 Å². The summed E-state index contributed by atoms with van der Waals surface area (Å²) in [5, 5.41) is 3.64. The van der Waals surface area contributed by atoms with E-state index in [0.29, 0.717) is 25.8 Å². The molecule has 0 aliphatic carbocycles. The SMILES string of the molecule is CC(NC=O)C(=O)N1CCCC(C(=O)OCC(Cl)(Cl)Cl)N1. The Bertz CT molecular complexity index is 403. The predicted molar refractivity (Wildman–Crippen MR) is 77.8 cm³/mol. The van der Waals surface area contributed by atoms with Gasteiger partial charge >= 0.3 is 5.97 Å². The minimum atomic E-state index is -1.68. The van der Waals surface area contributed by atoms with Crippen LogP contribution in [0, 0.1) is 0 Å². The summed E-state index contributed by atoms with van der Waals surface area (Å²) in [7, 11) is 0. The van der Waals surface area contributed by atoms with Crippen LogP contribution in [-0.2, 0) is 19.1 Å². The highest BCUT2D eigenvalue weighted by Gasteiger charge is 2.32. The quantitative estimate of drug-likeness (QED) is 0.424. The topological polar surface area (TPSA) is 87.7 Å². The molecule has 0 aromatic rings. The highest BCUT2D eigenvalue weighted by Crippen LogP contribution is 2.26. The Morgan fingerprint density at radius 2 is 2.19 bits per heavy atom. The molecule has 1 aliphatic rings. The monoisotopic (exact) mass is 359 g/mol. The number of ether oxygens (including phenoxy) is 1. The average molecular weight is 361 g/mol. The van der Waals surface area contributed by atoms with Gasteiger partial charge in [-0.3, -0.25) is 19.4 Å². The van der Waals surface area contributed by atoms with Crippen molar-refractivity contribution in [1.82, 2.24) is 15.8 Å². The van der Waals surface area contributed by atoms with Gasteiger partial charge in [-0.05, 0) is 19.8 Å². The van der Waals surface area contributed by atoms with Crippen LogP contribution in [0.2, 0.25) is 0 Å². The second-order valence-corrected chi connectivity index (χ2v) is 7.06. The number of halogens is 3. The maximum absolute atomic E-state index is 12.0. The lowest BCUT2D eigenvalue weighted by molar-refractivity contribution is -0.152. The Balaban J connectivity index is 2.53. The third-order valence-electron chi connectivity index (χ3n) is 2.80. The molecule has 0 bridgehead atoms. The van der Waals surface area contributed by atoms with E-state index in [1.165, 1.54) is 5.01 Å². The zero-order valence-corrected chi connectivity index (χ0v) is 13.5. The van der Waals surface area contributed by atoms with E-state index < -0.39 is 21.8 Å². The van der Waals surface area contributed by atoms with E-state index in [9.17, 15) is 14.4 Å². The summed E-state index contributed by atoms with van der Waals surface area (Å²) in [5.74, 6) is -0.948. The first-order chi connectivity index (χ1) is 9.74. The Hall–Kier alpha value is -0.760. The van der Waals surface area contributed by atoms with Crippen LogP contribution in [-0.4, -0.2) is 52.3 Å². The van der Waals surface area contributed by atoms with Gasteiger partial charge in [0.15, 0.2) is 0 Å². The van der Waals surface area contributed by atoms with Crippen molar-refractivity contribution in [1.29, 1.82) is 0 Å². The molecule has 2 atom stereocenters.